The first-order chi connectivity index (χ1) is 8.41. The number of benzene rings is 1. The lowest BCUT2D eigenvalue weighted by molar-refractivity contribution is -0.123. The average Bonchev–Trinajstić information content (AvgIpc) is 2.53. The number of nitrogens with one attached hydrogen (secondary N) is 2. The summed E-state index contributed by atoms with van der Waals surface area (Å²) in [4.78, 5) is 11.9. The van der Waals surface area contributed by atoms with Gasteiger partial charge in [0, 0.05) is 0 Å². The van der Waals surface area contributed by atoms with Crippen molar-refractivity contribution in [3.05, 3.63) is 29.8 Å². The summed E-state index contributed by atoms with van der Waals surface area (Å²) in [5.74, 6) is 0.656. The van der Waals surface area contributed by atoms with Gasteiger partial charge in [0.2, 0.25) is 0 Å². The molecule has 4 nitrogen and oxygen atoms in total. The van der Waals surface area contributed by atoms with Crippen LogP contribution in [0.4, 0.5) is 0 Å². The monoisotopic (exact) mass is 264 g/mol. The van der Waals surface area contributed by atoms with Crippen molar-refractivity contribution in [3.8, 4) is 5.75 Å². The average molecular weight is 264 g/mol. The van der Waals surface area contributed by atoms with Crippen LogP contribution in [0.5, 0.6) is 5.75 Å². The summed E-state index contributed by atoms with van der Waals surface area (Å²) in [5, 5.41) is 5.96. The van der Waals surface area contributed by atoms with E-state index in [9.17, 15) is 4.79 Å². The number of hydrogen-bond donors (Lipinski definition) is 2. The number of carbonyl (C=O) groups excluding carboxylic acids is 1. The lowest BCUT2D eigenvalue weighted by Gasteiger charge is -2.22. The Kier molecular flexibility index (Phi) is 3.26. The highest BCUT2D eigenvalue weighted by molar-refractivity contribution is 7.80. The molecule has 1 aromatic carbocycles. The maximum absolute atomic E-state index is 11.9. The largest absolute Gasteiger partial charge is 0.491 e. The maximum Gasteiger partial charge on any atom is 0.256 e. The highest BCUT2D eigenvalue weighted by Crippen LogP contribution is 2.26. The first-order valence-electron chi connectivity index (χ1n) is 5.82. The summed E-state index contributed by atoms with van der Waals surface area (Å²) in [5.41, 5.74) is 0.0592. The molecular weight excluding hydrogens is 248 g/mol. The van der Waals surface area contributed by atoms with Gasteiger partial charge >= 0.3 is 0 Å². The molecule has 1 atom stereocenters. The fourth-order valence-corrected chi connectivity index (χ4v) is 2.18. The van der Waals surface area contributed by atoms with Gasteiger partial charge in [-0.05, 0) is 50.7 Å². The van der Waals surface area contributed by atoms with Crippen molar-refractivity contribution in [2.45, 2.75) is 32.4 Å². The summed E-state index contributed by atoms with van der Waals surface area (Å²) in [7, 11) is 0. The molecule has 0 bridgehead atoms. The Morgan fingerprint density at radius 1 is 1.28 bits per heavy atom. The van der Waals surface area contributed by atoms with Crippen LogP contribution >= 0.6 is 12.2 Å². The smallest absolute Gasteiger partial charge is 0.256 e. The molecule has 96 valence electrons. The topological polar surface area (TPSA) is 50.4 Å². The molecule has 1 aliphatic heterocycles. The van der Waals surface area contributed by atoms with E-state index in [0.29, 0.717) is 5.11 Å². The normalized spacial score (nSPS) is 22.9. The highest BCUT2D eigenvalue weighted by atomic mass is 32.1. The first kappa shape index (κ1) is 12.8. The number of amides is 1. The van der Waals surface area contributed by atoms with Gasteiger partial charge in [-0.3, -0.25) is 4.79 Å². The van der Waals surface area contributed by atoms with E-state index < -0.39 is 5.54 Å². The second-order valence-electron chi connectivity index (χ2n) is 4.72. The van der Waals surface area contributed by atoms with E-state index in [4.69, 9.17) is 17.0 Å². The first-order valence-corrected chi connectivity index (χ1v) is 6.23. The van der Waals surface area contributed by atoms with Crippen LogP contribution in [0.25, 0.3) is 0 Å². The number of rotatable bonds is 3. The lowest BCUT2D eigenvalue weighted by Crippen LogP contribution is -2.40. The summed E-state index contributed by atoms with van der Waals surface area (Å²) < 4.78 is 5.57. The van der Waals surface area contributed by atoms with Gasteiger partial charge in [0.05, 0.1) is 6.10 Å². The van der Waals surface area contributed by atoms with E-state index >= 15 is 0 Å². The van der Waals surface area contributed by atoms with Gasteiger partial charge in [-0.2, -0.15) is 0 Å². The Morgan fingerprint density at radius 2 is 1.89 bits per heavy atom. The van der Waals surface area contributed by atoms with Crippen molar-refractivity contribution < 1.29 is 9.53 Å². The van der Waals surface area contributed by atoms with E-state index in [0.717, 1.165) is 11.3 Å². The van der Waals surface area contributed by atoms with Gasteiger partial charge in [0.15, 0.2) is 5.11 Å². The van der Waals surface area contributed by atoms with Gasteiger partial charge in [-0.1, -0.05) is 12.1 Å². The van der Waals surface area contributed by atoms with Crippen molar-refractivity contribution in [1.82, 2.24) is 10.6 Å². The molecule has 1 aliphatic rings. The van der Waals surface area contributed by atoms with Crippen molar-refractivity contribution in [1.29, 1.82) is 0 Å². The molecule has 1 fully saturated rings. The second kappa shape index (κ2) is 4.57. The third-order valence-corrected chi connectivity index (χ3v) is 3.05. The van der Waals surface area contributed by atoms with Gasteiger partial charge in [-0.15, -0.1) is 0 Å². The van der Waals surface area contributed by atoms with Crippen LogP contribution in [0.15, 0.2) is 24.3 Å². The summed E-state index contributed by atoms with van der Waals surface area (Å²) in [6.07, 6.45) is 0.131. The minimum atomic E-state index is -0.798. The van der Waals surface area contributed by atoms with Gasteiger partial charge in [-0.25, -0.2) is 0 Å². The van der Waals surface area contributed by atoms with E-state index in [1.807, 2.05) is 38.1 Å². The van der Waals surface area contributed by atoms with Crippen LogP contribution in [-0.4, -0.2) is 17.1 Å². The van der Waals surface area contributed by atoms with Gasteiger partial charge in [0.25, 0.3) is 5.91 Å². The molecule has 2 N–H and O–H groups in total. The summed E-state index contributed by atoms with van der Waals surface area (Å²) >= 11 is 4.96. The molecule has 1 aromatic rings. The van der Waals surface area contributed by atoms with Crippen molar-refractivity contribution in [3.63, 3.8) is 0 Å². The van der Waals surface area contributed by atoms with E-state index in [2.05, 4.69) is 10.6 Å². The Labute approximate surface area is 112 Å². The van der Waals surface area contributed by atoms with E-state index in [1.54, 1.807) is 6.92 Å². The maximum atomic E-state index is 11.9. The predicted molar refractivity (Wildman–Crippen MR) is 73.4 cm³/mol. The Morgan fingerprint density at radius 3 is 2.33 bits per heavy atom. The van der Waals surface area contributed by atoms with Crippen LogP contribution in [0.3, 0.4) is 0 Å². The molecule has 1 heterocycles. The van der Waals surface area contributed by atoms with Crippen molar-refractivity contribution >= 4 is 23.2 Å². The number of hydrogen-bond acceptors (Lipinski definition) is 3. The van der Waals surface area contributed by atoms with E-state index in [-0.39, 0.29) is 12.0 Å². The Balaban J connectivity index is 2.24. The zero-order valence-electron chi connectivity index (χ0n) is 10.6. The zero-order chi connectivity index (χ0) is 13.3. The molecule has 5 heteroatoms. The molecular formula is C13H16N2O2S. The van der Waals surface area contributed by atoms with Crippen LogP contribution in [0.1, 0.15) is 26.3 Å². The minimum Gasteiger partial charge on any atom is -0.491 e. The third-order valence-electron chi connectivity index (χ3n) is 2.85. The van der Waals surface area contributed by atoms with Crippen molar-refractivity contribution in [2.24, 2.45) is 0 Å². The number of carbonyl (C=O) groups is 1. The number of thiocarbonyl (C=S) groups is 1. The molecule has 1 amide bonds. The van der Waals surface area contributed by atoms with Gasteiger partial charge < -0.3 is 15.4 Å². The Hall–Kier alpha value is -1.62. The molecule has 0 saturated carbocycles. The fourth-order valence-electron chi connectivity index (χ4n) is 1.89. The van der Waals surface area contributed by atoms with Crippen LogP contribution in [0.2, 0.25) is 0 Å². The van der Waals surface area contributed by atoms with Crippen LogP contribution in [-0.2, 0) is 10.3 Å². The quantitative estimate of drug-likeness (QED) is 0.816. The van der Waals surface area contributed by atoms with Crippen LogP contribution in [0, 0.1) is 0 Å². The molecule has 0 aromatic heterocycles. The van der Waals surface area contributed by atoms with Crippen molar-refractivity contribution in [2.75, 3.05) is 0 Å². The SMILES string of the molecule is CC(C)Oc1ccc(C2(C)NC(=S)NC2=O)cc1. The highest BCUT2D eigenvalue weighted by Gasteiger charge is 2.41. The van der Waals surface area contributed by atoms with E-state index in [1.165, 1.54) is 0 Å². The molecule has 2 rings (SSSR count). The predicted octanol–water partition coefficient (Wildman–Crippen LogP) is 1.69. The van der Waals surface area contributed by atoms with Gasteiger partial charge in [0.1, 0.15) is 11.3 Å². The Bertz CT molecular complexity index is 484. The number of ether oxygens (including phenoxy) is 1. The molecule has 18 heavy (non-hydrogen) atoms. The van der Waals surface area contributed by atoms with Crippen LogP contribution < -0.4 is 15.4 Å². The second-order valence-corrected chi connectivity index (χ2v) is 5.13. The molecule has 0 spiro atoms. The minimum absolute atomic E-state index is 0.131. The molecule has 0 aliphatic carbocycles. The molecule has 1 unspecified atom stereocenters. The summed E-state index contributed by atoms with van der Waals surface area (Å²) in [6.45, 7) is 5.75. The molecule has 1 saturated heterocycles. The zero-order valence-corrected chi connectivity index (χ0v) is 11.4. The summed E-state index contributed by atoms with van der Waals surface area (Å²) in [6, 6.07) is 7.46. The lowest BCUT2D eigenvalue weighted by atomic mass is 9.92. The fraction of sp³-hybridized carbons (Fsp3) is 0.385. The standard InChI is InChI=1S/C13H16N2O2S/c1-8(2)17-10-6-4-9(5-7-10)13(3)11(16)14-12(18)15-13/h4-8H,1-3H3,(H2,14,15,16,18). The third kappa shape index (κ3) is 2.31. The molecule has 0 radical (unpaired) electrons.